The minimum atomic E-state index is -0.261. The van der Waals surface area contributed by atoms with E-state index in [1.54, 1.807) is 0 Å². The van der Waals surface area contributed by atoms with Gasteiger partial charge in [0.2, 0.25) is 0 Å². The zero-order valence-electron chi connectivity index (χ0n) is 16.2. The van der Waals surface area contributed by atoms with Gasteiger partial charge >= 0.3 is 6.03 Å². The van der Waals surface area contributed by atoms with Gasteiger partial charge in [0.1, 0.15) is 18.1 Å². The van der Waals surface area contributed by atoms with Crippen molar-refractivity contribution in [3.05, 3.63) is 53.1 Å². The predicted octanol–water partition coefficient (Wildman–Crippen LogP) is 4.60. The fraction of sp³-hybridized carbons (Fsp3) is 0.381. The molecular formula is C21H28N2O3. The van der Waals surface area contributed by atoms with Gasteiger partial charge in [0.05, 0.1) is 12.6 Å². The van der Waals surface area contributed by atoms with Crippen LogP contribution in [0.25, 0.3) is 0 Å². The van der Waals surface area contributed by atoms with Gasteiger partial charge in [-0.15, -0.1) is 0 Å². The van der Waals surface area contributed by atoms with Crippen LogP contribution in [0.4, 0.5) is 10.5 Å². The third kappa shape index (κ3) is 5.99. The maximum Gasteiger partial charge on any atom is 0.319 e. The summed E-state index contributed by atoms with van der Waals surface area (Å²) in [5.41, 5.74) is 4.14. The average molecular weight is 356 g/mol. The van der Waals surface area contributed by atoms with E-state index in [9.17, 15) is 4.79 Å². The largest absolute Gasteiger partial charge is 0.491 e. The zero-order valence-corrected chi connectivity index (χ0v) is 16.2. The van der Waals surface area contributed by atoms with Gasteiger partial charge < -0.3 is 20.1 Å². The van der Waals surface area contributed by atoms with Crippen LogP contribution in [0, 0.1) is 20.8 Å². The standard InChI is InChI=1S/C21H28N2O3/c1-14(2)26-19-8-6-18(7-9-19)23-21(24)22-10-11-25-20-16(4)12-15(3)13-17(20)5/h6-9,12-14H,10-11H2,1-5H3,(H2,22,23,24). The second-order valence-electron chi connectivity index (χ2n) is 6.65. The Balaban J connectivity index is 1.75. The summed E-state index contributed by atoms with van der Waals surface area (Å²) in [5, 5.41) is 5.58. The van der Waals surface area contributed by atoms with E-state index < -0.39 is 0 Å². The second kappa shape index (κ2) is 9.13. The molecule has 0 radical (unpaired) electrons. The molecule has 0 heterocycles. The summed E-state index contributed by atoms with van der Waals surface area (Å²) in [6.45, 7) is 10.9. The number of aryl methyl sites for hydroxylation is 3. The molecule has 0 saturated heterocycles. The zero-order chi connectivity index (χ0) is 19.1. The van der Waals surface area contributed by atoms with Crippen LogP contribution in [0.3, 0.4) is 0 Å². The second-order valence-corrected chi connectivity index (χ2v) is 6.65. The first-order valence-electron chi connectivity index (χ1n) is 8.87. The molecule has 0 unspecified atom stereocenters. The molecule has 2 aromatic carbocycles. The lowest BCUT2D eigenvalue weighted by atomic mass is 10.1. The van der Waals surface area contributed by atoms with E-state index in [0.29, 0.717) is 18.8 Å². The quantitative estimate of drug-likeness (QED) is 0.713. The monoisotopic (exact) mass is 356 g/mol. The summed E-state index contributed by atoms with van der Waals surface area (Å²) < 4.78 is 11.4. The molecular weight excluding hydrogens is 328 g/mol. The number of nitrogens with one attached hydrogen (secondary N) is 2. The lowest BCUT2D eigenvalue weighted by Crippen LogP contribution is -2.32. The van der Waals surface area contributed by atoms with Crippen LogP contribution in [0.1, 0.15) is 30.5 Å². The third-order valence-electron chi connectivity index (χ3n) is 3.72. The van der Waals surface area contributed by atoms with Crippen LogP contribution < -0.4 is 20.1 Å². The van der Waals surface area contributed by atoms with Gasteiger partial charge in [-0.1, -0.05) is 17.7 Å². The molecule has 0 saturated carbocycles. The average Bonchev–Trinajstić information content (AvgIpc) is 2.54. The first kappa shape index (κ1) is 19.6. The molecule has 0 spiro atoms. The van der Waals surface area contributed by atoms with Crippen LogP contribution >= 0.6 is 0 Å². The summed E-state index contributed by atoms with van der Waals surface area (Å²) in [6.07, 6.45) is 0.123. The van der Waals surface area contributed by atoms with Gasteiger partial charge in [-0.3, -0.25) is 0 Å². The highest BCUT2D eigenvalue weighted by Gasteiger charge is 2.06. The van der Waals surface area contributed by atoms with E-state index >= 15 is 0 Å². The molecule has 0 aliphatic rings. The van der Waals surface area contributed by atoms with Crippen LogP contribution in [-0.4, -0.2) is 25.3 Å². The van der Waals surface area contributed by atoms with Crippen LogP contribution in [0.15, 0.2) is 36.4 Å². The summed E-state index contributed by atoms with van der Waals surface area (Å²) in [7, 11) is 0. The van der Waals surface area contributed by atoms with Crippen molar-refractivity contribution in [1.29, 1.82) is 0 Å². The molecule has 0 bridgehead atoms. The number of hydrogen-bond donors (Lipinski definition) is 2. The number of anilines is 1. The van der Waals surface area contributed by atoms with Crippen molar-refractivity contribution in [2.24, 2.45) is 0 Å². The van der Waals surface area contributed by atoms with Gasteiger partial charge in [-0.25, -0.2) is 4.79 Å². The summed E-state index contributed by atoms with van der Waals surface area (Å²) in [6, 6.07) is 11.2. The molecule has 0 atom stereocenters. The summed E-state index contributed by atoms with van der Waals surface area (Å²) in [5.74, 6) is 1.67. The molecule has 5 heteroatoms. The Morgan fingerprint density at radius 3 is 2.23 bits per heavy atom. The third-order valence-corrected chi connectivity index (χ3v) is 3.72. The van der Waals surface area contributed by atoms with Crippen molar-refractivity contribution in [2.75, 3.05) is 18.5 Å². The Bertz CT molecular complexity index is 716. The van der Waals surface area contributed by atoms with E-state index in [-0.39, 0.29) is 12.1 Å². The number of hydrogen-bond acceptors (Lipinski definition) is 3. The molecule has 0 aliphatic carbocycles. The van der Waals surface area contributed by atoms with Crippen molar-refractivity contribution in [2.45, 2.75) is 40.7 Å². The lowest BCUT2D eigenvalue weighted by molar-refractivity contribution is 0.242. The summed E-state index contributed by atoms with van der Waals surface area (Å²) >= 11 is 0. The van der Waals surface area contributed by atoms with Gasteiger partial charge in [-0.2, -0.15) is 0 Å². The molecule has 140 valence electrons. The Labute approximate surface area is 155 Å². The van der Waals surface area contributed by atoms with E-state index in [4.69, 9.17) is 9.47 Å². The molecule has 26 heavy (non-hydrogen) atoms. The highest BCUT2D eigenvalue weighted by Crippen LogP contribution is 2.24. The van der Waals surface area contributed by atoms with Crippen LogP contribution in [-0.2, 0) is 0 Å². The van der Waals surface area contributed by atoms with E-state index in [2.05, 4.69) is 29.7 Å². The minimum Gasteiger partial charge on any atom is -0.491 e. The van der Waals surface area contributed by atoms with Crippen molar-refractivity contribution < 1.29 is 14.3 Å². The molecule has 0 aromatic heterocycles. The van der Waals surface area contributed by atoms with Gasteiger partial charge in [0.25, 0.3) is 0 Å². The number of rotatable bonds is 7. The molecule has 2 amide bonds. The SMILES string of the molecule is Cc1cc(C)c(OCCNC(=O)Nc2ccc(OC(C)C)cc2)c(C)c1. The number of urea groups is 1. The highest BCUT2D eigenvalue weighted by molar-refractivity contribution is 5.89. The first-order chi connectivity index (χ1) is 12.3. The van der Waals surface area contributed by atoms with E-state index in [1.165, 1.54) is 5.56 Å². The minimum absolute atomic E-state index is 0.123. The predicted molar refractivity (Wildman–Crippen MR) is 105 cm³/mol. The number of benzene rings is 2. The number of amides is 2. The van der Waals surface area contributed by atoms with Gasteiger partial charge in [0, 0.05) is 5.69 Å². The maximum absolute atomic E-state index is 12.0. The van der Waals surface area contributed by atoms with E-state index in [1.807, 2.05) is 52.0 Å². The number of carbonyl (C=O) groups is 1. The van der Waals surface area contributed by atoms with Crippen molar-refractivity contribution >= 4 is 11.7 Å². The Hall–Kier alpha value is -2.69. The fourth-order valence-corrected chi connectivity index (χ4v) is 2.78. The molecule has 5 nitrogen and oxygen atoms in total. The Kier molecular flexibility index (Phi) is 6.89. The maximum atomic E-state index is 12.0. The van der Waals surface area contributed by atoms with Crippen molar-refractivity contribution in [3.8, 4) is 11.5 Å². The molecule has 0 fully saturated rings. The number of ether oxygens (including phenoxy) is 2. The Morgan fingerprint density at radius 1 is 1.04 bits per heavy atom. The molecule has 2 N–H and O–H groups in total. The molecule has 0 aliphatic heterocycles. The topological polar surface area (TPSA) is 59.6 Å². The fourth-order valence-electron chi connectivity index (χ4n) is 2.78. The summed E-state index contributed by atoms with van der Waals surface area (Å²) in [4.78, 5) is 12.0. The molecule has 2 aromatic rings. The van der Waals surface area contributed by atoms with Crippen molar-refractivity contribution in [3.63, 3.8) is 0 Å². The lowest BCUT2D eigenvalue weighted by Gasteiger charge is -2.14. The number of carbonyl (C=O) groups excluding carboxylic acids is 1. The van der Waals surface area contributed by atoms with Crippen LogP contribution in [0.5, 0.6) is 11.5 Å². The van der Waals surface area contributed by atoms with Gasteiger partial charge in [-0.05, 0) is 70.0 Å². The van der Waals surface area contributed by atoms with Crippen molar-refractivity contribution in [1.82, 2.24) is 5.32 Å². The van der Waals surface area contributed by atoms with E-state index in [0.717, 1.165) is 22.6 Å². The van der Waals surface area contributed by atoms with Crippen LogP contribution in [0.2, 0.25) is 0 Å². The Morgan fingerprint density at radius 2 is 1.65 bits per heavy atom. The highest BCUT2D eigenvalue weighted by atomic mass is 16.5. The normalized spacial score (nSPS) is 10.5. The first-order valence-corrected chi connectivity index (χ1v) is 8.87. The molecule has 2 rings (SSSR count). The van der Waals surface area contributed by atoms with Gasteiger partial charge in [0.15, 0.2) is 0 Å². The smallest absolute Gasteiger partial charge is 0.319 e.